The second-order valence-corrected chi connectivity index (χ2v) is 5.35. The number of aliphatic hydroxyl groups excluding tert-OH is 1. The fraction of sp³-hybridized carbons (Fsp3) is 0.111. The van der Waals surface area contributed by atoms with Crippen molar-refractivity contribution in [3.8, 4) is 0 Å². The highest BCUT2D eigenvalue weighted by molar-refractivity contribution is 6.01. The molecule has 22 heavy (non-hydrogen) atoms. The first-order valence-corrected chi connectivity index (χ1v) is 7.21. The zero-order valence-electron chi connectivity index (χ0n) is 12.2. The van der Waals surface area contributed by atoms with Crippen molar-refractivity contribution in [2.45, 2.75) is 6.42 Å². The normalized spacial score (nSPS) is 14.2. The number of rotatable bonds is 2. The van der Waals surface area contributed by atoms with Crippen molar-refractivity contribution < 1.29 is 5.11 Å². The second-order valence-electron chi connectivity index (χ2n) is 5.35. The number of aliphatic hydroxyl groups is 1. The lowest BCUT2D eigenvalue weighted by Crippen LogP contribution is -1.89. The van der Waals surface area contributed by atoms with Gasteiger partial charge >= 0.3 is 0 Å². The molecule has 4 heteroatoms. The van der Waals surface area contributed by atoms with Crippen molar-refractivity contribution in [2.24, 2.45) is 10.2 Å². The van der Waals surface area contributed by atoms with E-state index in [1.165, 1.54) is 0 Å². The maximum Gasteiger partial charge on any atom is 0.119 e. The zero-order chi connectivity index (χ0) is 15.1. The third kappa shape index (κ3) is 1.77. The van der Waals surface area contributed by atoms with Crippen molar-refractivity contribution in [1.29, 1.82) is 0 Å². The van der Waals surface area contributed by atoms with Gasteiger partial charge in [0.05, 0.1) is 5.69 Å². The Morgan fingerprint density at radius 3 is 2.68 bits per heavy atom. The molecule has 0 unspecified atom stereocenters. The minimum absolute atomic E-state index is 0.375. The van der Waals surface area contributed by atoms with Crippen LogP contribution in [0.1, 0.15) is 16.8 Å². The van der Waals surface area contributed by atoms with E-state index in [4.69, 9.17) is 0 Å². The molecule has 2 aromatic carbocycles. The van der Waals surface area contributed by atoms with Gasteiger partial charge in [-0.15, -0.1) is 0 Å². The molecule has 4 nitrogen and oxygen atoms in total. The van der Waals surface area contributed by atoms with Crippen LogP contribution in [0.2, 0.25) is 0 Å². The van der Waals surface area contributed by atoms with Crippen molar-refractivity contribution in [1.82, 2.24) is 4.98 Å². The number of nitrogens with zero attached hydrogens (tertiary/aromatic N) is 2. The van der Waals surface area contributed by atoms with Gasteiger partial charge in [-0.05, 0) is 17.2 Å². The summed E-state index contributed by atoms with van der Waals surface area (Å²) in [6.07, 6.45) is 0.559. The number of hydrogen-bond acceptors (Lipinski definition) is 3. The van der Waals surface area contributed by atoms with Gasteiger partial charge in [-0.1, -0.05) is 42.5 Å². The number of H-pyrrole nitrogens is 1. The van der Waals surface area contributed by atoms with Gasteiger partial charge in [-0.2, -0.15) is 10.2 Å². The van der Waals surface area contributed by atoms with E-state index in [1.54, 1.807) is 7.05 Å². The molecular weight excluding hydrogens is 274 g/mol. The highest BCUT2D eigenvalue weighted by atomic mass is 16.3. The summed E-state index contributed by atoms with van der Waals surface area (Å²) in [6, 6.07) is 16.0. The van der Waals surface area contributed by atoms with E-state index in [0.29, 0.717) is 12.2 Å². The Kier molecular flexibility index (Phi) is 2.82. The SMILES string of the molecule is CN=Nc1c(C2=C(O)Cc3ccccc32)[nH]c2ccccc12. The lowest BCUT2D eigenvalue weighted by Gasteiger charge is -2.05. The van der Waals surface area contributed by atoms with Crippen LogP contribution in [0.5, 0.6) is 0 Å². The fourth-order valence-electron chi connectivity index (χ4n) is 3.13. The fourth-order valence-corrected chi connectivity index (χ4v) is 3.13. The molecule has 0 bridgehead atoms. The number of allylic oxidation sites excluding steroid dienone is 1. The lowest BCUT2D eigenvalue weighted by atomic mass is 10.0. The first-order valence-electron chi connectivity index (χ1n) is 7.21. The van der Waals surface area contributed by atoms with E-state index in [0.717, 1.165) is 39.0 Å². The van der Waals surface area contributed by atoms with Crippen LogP contribution in [0.3, 0.4) is 0 Å². The van der Waals surface area contributed by atoms with Crippen molar-refractivity contribution in [3.63, 3.8) is 0 Å². The van der Waals surface area contributed by atoms with Crippen LogP contribution in [0.25, 0.3) is 16.5 Å². The van der Waals surface area contributed by atoms with Gasteiger partial charge in [-0.25, -0.2) is 0 Å². The molecule has 0 aliphatic heterocycles. The molecule has 1 aromatic heterocycles. The standard InChI is InChI=1S/C18H15N3O/c1-19-21-17-13-8-4-5-9-14(13)20-18(17)16-12-7-3-2-6-11(12)10-15(16)22/h2-9,20,22H,10H2,1H3. The van der Waals surface area contributed by atoms with E-state index in [2.05, 4.69) is 15.2 Å². The van der Waals surface area contributed by atoms with Gasteiger partial charge < -0.3 is 10.1 Å². The van der Waals surface area contributed by atoms with Crippen molar-refractivity contribution >= 4 is 22.2 Å². The Balaban J connectivity index is 2.03. The van der Waals surface area contributed by atoms with Crippen molar-refractivity contribution in [3.05, 3.63) is 71.1 Å². The molecule has 2 N–H and O–H groups in total. The Morgan fingerprint density at radius 2 is 1.82 bits per heavy atom. The molecule has 1 heterocycles. The summed E-state index contributed by atoms with van der Waals surface area (Å²) in [6.45, 7) is 0. The highest BCUT2D eigenvalue weighted by Crippen LogP contribution is 2.42. The smallest absolute Gasteiger partial charge is 0.119 e. The van der Waals surface area contributed by atoms with Gasteiger partial charge in [0, 0.05) is 29.9 Å². The molecule has 0 radical (unpaired) electrons. The summed E-state index contributed by atoms with van der Waals surface area (Å²) >= 11 is 0. The molecule has 3 aromatic rings. The number of hydrogen-bond donors (Lipinski definition) is 2. The predicted molar refractivity (Wildman–Crippen MR) is 87.5 cm³/mol. The Hall–Kier alpha value is -2.88. The van der Waals surface area contributed by atoms with Crippen LogP contribution in [-0.2, 0) is 6.42 Å². The Morgan fingerprint density at radius 1 is 1.05 bits per heavy atom. The summed E-state index contributed by atoms with van der Waals surface area (Å²) in [4.78, 5) is 3.39. The van der Waals surface area contributed by atoms with Crippen molar-refractivity contribution in [2.75, 3.05) is 7.05 Å². The number of aromatic amines is 1. The Labute approximate surface area is 127 Å². The largest absolute Gasteiger partial charge is 0.511 e. The quantitative estimate of drug-likeness (QED) is 0.657. The molecule has 1 aliphatic carbocycles. The number of benzene rings is 2. The number of aromatic nitrogens is 1. The molecule has 1 aliphatic rings. The summed E-state index contributed by atoms with van der Waals surface area (Å²) < 4.78 is 0. The molecule has 0 amide bonds. The van der Waals surface area contributed by atoms with Gasteiger partial charge in [0.1, 0.15) is 11.4 Å². The summed E-state index contributed by atoms with van der Waals surface area (Å²) in [7, 11) is 1.66. The Bertz CT molecular complexity index is 934. The molecule has 4 rings (SSSR count). The van der Waals surface area contributed by atoms with E-state index in [1.807, 2.05) is 48.5 Å². The van der Waals surface area contributed by atoms with Crippen LogP contribution >= 0.6 is 0 Å². The lowest BCUT2D eigenvalue weighted by molar-refractivity contribution is 0.405. The van der Waals surface area contributed by atoms with E-state index < -0.39 is 0 Å². The number of azo groups is 1. The molecule has 0 atom stereocenters. The molecule has 108 valence electrons. The maximum absolute atomic E-state index is 10.5. The third-order valence-electron chi connectivity index (χ3n) is 4.06. The minimum Gasteiger partial charge on any atom is -0.511 e. The van der Waals surface area contributed by atoms with E-state index in [9.17, 15) is 5.11 Å². The van der Waals surface area contributed by atoms with Gasteiger partial charge in [0.15, 0.2) is 0 Å². The van der Waals surface area contributed by atoms with Gasteiger partial charge in [0.2, 0.25) is 0 Å². The van der Waals surface area contributed by atoms with Gasteiger partial charge in [0.25, 0.3) is 0 Å². The van der Waals surface area contributed by atoms with Crippen LogP contribution in [0, 0.1) is 0 Å². The van der Waals surface area contributed by atoms with Crippen LogP contribution in [0.4, 0.5) is 5.69 Å². The molecule has 0 fully saturated rings. The first-order chi connectivity index (χ1) is 10.8. The minimum atomic E-state index is 0.375. The second kappa shape index (κ2) is 4.84. The summed E-state index contributed by atoms with van der Waals surface area (Å²) in [5, 5.41) is 19.7. The topological polar surface area (TPSA) is 60.7 Å². The first kappa shape index (κ1) is 12.8. The van der Waals surface area contributed by atoms with Crippen LogP contribution < -0.4 is 0 Å². The summed E-state index contributed by atoms with van der Waals surface area (Å²) in [5.41, 5.74) is 5.61. The average molecular weight is 289 g/mol. The van der Waals surface area contributed by atoms with Crippen LogP contribution in [0.15, 0.2) is 64.5 Å². The van der Waals surface area contributed by atoms with E-state index >= 15 is 0 Å². The van der Waals surface area contributed by atoms with E-state index in [-0.39, 0.29) is 0 Å². The monoisotopic (exact) mass is 289 g/mol. The van der Waals surface area contributed by atoms with Gasteiger partial charge in [-0.3, -0.25) is 0 Å². The number of para-hydroxylation sites is 1. The predicted octanol–water partition coefficient (Wildman–Crippen LogP) is 4.75. The van der Waals surface area contributed by atoms with Crippen LogP contribution in [-0.4, -0.2) is 17.1 Å². The maximum atomic E-state index is 10.5. The average Bonchev–Trinajstić information content (AvgIpc) is 3.05. The number of fused-ring (bicyclic) bond motifs is 2. The molecule has 0 saturated heterocycles. The summed E-state index contributed by atoms with van der Waals surface area (Å²) in [5.74, 6) is 0.375. The zero-order valence-corrected chi connectivity index (χ0v) is 12.2. The molecule has 0 spiro atoms. The number of nitrogens with one attached hydrogen (secondary N) is 1. The molecule has 0 saturated carbocycles. The highest BCUT2D eigenvalue weighted by Gasteiger charge is 2.26. The third-order valence-corrected chi connectivity index (χ3v) is 4.06. The molecular formula is C18H15N3O.